The first-order valence-corrected chi connectivity index (χ1v) is 10.9. The number of benzene rings is 2. The Bertz CT molecular complexity index is 1100. The van der Waals surface area contributed by atoms with Crippen LogP contribution in [0.15, 0.2) is 52.5 Å². The van der Waals surface area contributed by atoms with E-state index in [1.54, 1.807) is 30.3 Å². The summed E-state index contributed by atoms with van der Waals surface area (Å²) in [6.07, 6.45) is 0. The first-order chi connectivity index (χ1) is 12.8. The molecule has 1 aromatic heterocycles. The summed E-state index contributed by atoms with van der Waals surface area (Å²) in [6, 6.07) is 11.4. The maximum atomic E-state index is 12.2. The van der Waals surface area contributed by atoms with Crippen molar-refractivity contribution in [1.29, 1.82) is 0 Å². The maximum absolute atomic E-state index is 12.2. The van der Waals surface area contributed by atoms with Gasteiger partial charge in [-0.25, -0.2) is 18.5 Å². The predicted molar refractivity (Wildman–Crippen MR) is 108 cm³/mol. The second-order valence-corrected chi connectivity index (χ2v) is 8.62. The molecule has 27 heavy (non-hydrogen) atoms. The van der Waals surface area contributed by atoms with Crippen molar-refractivity contribution in [3.05, 3.63) is 47.5 Å². The average Bonchev–Trinajstić information content (AvgIpc) is 2.98. The number of sulfonamides is 1. The molecule has 3 aromatic rings. The number of primary sulfonamides is 1. The molecule has 10 heteroatoms. The molecule has 3 rings (SSSR count). The van der Waals surface area contributed by atoms with E-state index in [2.05, 4.69) is 10.3 Å². The van der Waals surface area contributed by atoms with Crippen molar-refractivity contribution in [3.8, 4) is 0 Å². The number of rotatable bonds is 6. The molecule has 0 saturated carbocycles. The van der Waals surface area contributed by atoms with Crippen molar-refractivity contribution in [2.45, 2.75) is 23.5 Å². The number of amides is 1. The molecular weight excluding hydrogens is 408 g/mol. The number of aromatic nitrogens is 2. The normalized spacial score (nSPS) is 11.7. The third-order valence-corrected chi connectivity index (χ3v) is 5.93. The van der Waals surface area contributed by atoms with E-state index in [1.165, 1.54) is 23.9 Å². The second-order valence-electron chi connectivity index (χ2n) is 5.68. The minimum absolute atomic E-state index is 0.00721. The van der Waals surface area contributed by atoms with E-state index in [0.29, 0.717) is 27.9 Å². The van der Waals surface area contributed by atoms with Crippen LogP contribution in [0.5, 0.6) is 0 Å². The van der Waals surface area contributed by atoms with Gasteiger partial charge in [-0.3, -0.25) is 4.79 Å². The first-order valence-electron chi connectivity index (χ1n) is 7.99. The van der Waals surface area contributed by atoms with Crippen LogP contribution in [0.1, 0.15) is 6.92 Å². The summed E-state index contributed by atoms with van der Waals surface area (Å²) < 4.78 is 25.0. The number of hydrogen-bond acceptors (Lipinski definition) is 5. The number of anilines is 1. The van der Waals surface area contributed by atoms with E-state index in [9.17, 15) is 13.2 Å². The van der Waals surface area contributed by atoms with Crippen LogP contribution < -0.4 is 10.5 Å². The van der Waals surface area contributed by atoms with E-state index in [-0.39, 0.29) is 16.6 Å². The molecule has 0 fully saturated rings. The predicted octanol–water partition coefficient (Wildman–Crippen LogP) is 3.09. The number of hydrogen-bond donors (Lipinski definition) is 2. The molecule has 7 nitrogen and oxygen atoms in total. The number of imidazole rings is 1. The number of carbonyl (C=O) groups is 1. The molecule has 0 aliphatic heterocycles. The third kappa shape index (κ3) is 4.62. The van der Waals surface area contributed by atoms with Gasteiger partial charge >= 0.3 is 0 Å². The van der Waals surface area contributed by atoms with Crippen molar-refractivity contribution >= 4 is 56.0 Å². The molecule has 0 aliphatic carbocycles. The molecule has 0 unspecified atom stereocenters. The van der Waals surface area contributed by atoms with Crippen molar-refractivity contribution in [1.82, 2.24) is 9.55 Å². The number of thioether (sulfide) groups is 1. The summed E-state index contributed by atoms with van der Waals surface area (Å²) in [5.41, 5.74) is 1.96. The molecule has 0 atom stereocenters. The largest absolute Gasteiger partial charge is 0.325 e. The molecular formula is C17H17ClN4O3S2. The topological polar surface area (TPSA) is 107 Å². The molecule has 0 saturated heterocycles. The van der Waals surface area contributed by atoms with E-state index >= 15 is 0 Å². The molecule has 0 bridgehead atoms. The van der Waals surface area contributed by atoms with Gasteiger partial charge in [-0.1, -0.05) is 23.4 Å². The number of fused-ring (bicyclic) bond motifs is 1. The summed E-state index contributed by atoms with van der Waals surface area (Å²) in [7, 11) is -3.80. The van der Waals surface area contributed by atoms with Crippen LogP contribution in [-0.4, -0.2) is 29.6 Å². The Morgan fingerprint density at radius 3 is 2.59 bits per heavy atom. The van der Waals surface area contributed by atoms with Crippen molar-refractivity contribution < 1.29 is 13.2 Å². The Kier molecular flexibility index (Phi) is 5.75. The lowest BCUT2D eigenvalue weighted by molar-refractivity contribution is -0.113. The highest BCUT2D eigenvalue weighted by molar-refractivity contribution is 7.99. The van der Waals surface area contributed by atoms with E-state index in [0.717, 1.165) is 5.52 Å². The van der Waals surface area contributed by atoms with Gasteiger partial charge < -0.3 is 9.88 Å². The fourth-order valence-electron chi connectivity index (χ4n) is 2.54. The van der Waals surface area contributed by atoms with Gasteiger partial charge in [-0.05, 0) is 49.4 Å². The summed E-state index contributed by atoms with van der Waals surface area (Å²) in [5.74, 6) is -0.0178. The smallest absolute Gasteiger partial charge is 0.238 e. The fourth-order valence-corrected chi connectivity index (χ4v) is 4.08. The van der Waals surface area contributed by atoms with Crippen molar-refractivity contribution in [2.75, 3.05) is 11.1 Å². The molecule has 0 aliphatic rings. The zero-order chi connectivity index (χ0) is 19.6. The fraction of sp³-hybridized carbons (Fsp3) is 0.176. The van der Waals surface area contributed by atoms with Crippen molar-refractivity contribution in [2.24, 2.45) is 5.14 Å². The maximum Gasteiger partial charge on any atom is 0.238 e. The summed E-state index contributed by atoms with van der Waals surface area (Å²) in [6.45, 7) is 2.58. The number of nitrogens with zero attached hydrogens (tertiary/aromatic N) is 2. The van der Waals surface area contributed by atoms with Gasteiger partial charge in [-0.2, -0.15) is 0 Å². The lowest BCUT2D eigenvalue weighted by Gasteiger charge is -2.07. The molecule has 142 valence electrons. The van der Waals surface area contributed by atoms with Gasteiger partial charge in [0, 0.05) is 17.3 Å². The second kappa shape index (κ2) is 7.89. The Hall–Kier alpha value is -2.07. The van der Waals surface area contributed by atoms with Gasteiger partial charge in [0.15, 0.2) is 5.16 Å². The quantitative estimate of drug-likeness (QED) is 0.591. The highest BCUT2D eigenvalue weighted by Crippen LogP contribution is 2.26. The third-order valence-electron chi connectivity index (χ3n) is 3.79. The van der Waals surface area contributed by atoms with Gasteiger partial charge in [-0.15, -0.1) is 0 Å². The lowest BCUT2D eigenvalue weighted by atomic mass is 10.3. The van der Waals surface area contributed by atoms with Crippen LogP contribution in [0.25, 0.3) is 11.0 Å². The Morgan fingerprint density at radius 2 is 1.96 bits per heavy atom. The van der Waals surface area contributed by atoms with Crippen LogP contribution in [0.4, 0.5) is 5.69 Å². The van der Waals surface area contributed by atoms with Gasteiger partial charge in [0.2, 0.25) is 15.9 Å². The minimum Gasteiger partial charge on any atom is -0.325 e. The highest BCUT2D eigenvalue weighted by atomic mass is 35.5. The Morgan fingerprint density at radius 1 is 1.26 bits per heavy atom. The Labute approximate surface area is 166 Å². The van der Waals surface area contributed by atoms with Gasteiger partial charge in [0.05, 0.1) is 21.7 Å². The van der Waals surface area contributed by atoms with E-state index < -0.39 is 10.0 Å². The minimum atomic E-state index is -3.80. The van der Waals surface area contributed by atoms with E-state index in [1.807, 2.05) is 11.5 Å². The number of nitrogens with two attached hydrogens (primary N) is 1. The van der Waals surface area contributed by atoms with Crippen LogP contribution in [0.3, 0.4) is 0 Å². The van der Waals surface area contributed by atoms with Crippen LogP contribution >= 0.6 is 23.4 Å². The molecule has 1 heterocycles. The average molecular weight is 425 g/mol. The molecule has 1 amide bonds. The van der Waals surface area contributed by atoms with Gasteiger partial charge in [0.25, 0.3) is 0 Å². The molecule has 0 radical (unpaired) electrons. The molecule has 2 aromatic carbocycles. The Balaban J connectivity index is 1.77. The first kappa shape index (κ1) is 19.7. The monoisotopic (exact) mass is 424 g/mol. The SMILES string of the molecule is CCn1c(SCC(=O)Nc2ccc(Cl)cc2)nc2cc(S(N)(=O)=O)ccc21. The number of aryl methyl sites for hydroxylation is 1. The highest BCUT2D eigenvalue weighted by Gasteiger charge is 2.15. The summed E-state index contributed by atoms with van der Waals surface area (Å²) in [4.78, 5) is 16.6. The zero-order valence-corrected chi connectivity index (χ0v) is 16.7. The standard InChI is InChI=1S/C17H17ClN4O3S2/c1-2-22-15-8-7-13(27(19,24)25)9-14(15)21-17(22)26-10-16(23)20-12-5-3-11(18)4-6-12/h3-9H,2,10H2,1H3,(H,20,23)(H2,19,24,25). The summed E-state index contributed by atoms with van der Waals surface area (Å²) >= 11 is 7.10. The van der Waals surface area contributed by atoms with Crippen LogP contribution in [0, 0.1) is 0 Å². The number of carbonyl (C=O) groups excluding carboxylic acids is 1. The van der Waals surface area contributed by atoms with Crippen molar-refractivity contribution in [3.63, 3.8) is 0 Å². The molecule has 0 spiro atoms. The lowest BCUT2D eigenvalue weighted by Crippen LogP contribution is -2.14. The summed E-state index contributed by atoms with van der Waals surface area (Å²) in [5, 5.41) is 9.19. The molecule has 3 N–H and O–H groups in total. The number of halogens is 1. The number of nitrogens with one attached hydrogen (secondary N) is 1. The van der Waals surface area contributed by atoms with E-state index in [4.69, 9.17) is 16.7 Å². The van der Waals surface area contributed by atoms with Gasteiger partial charge in [0.1, 0.15) is 0 Å². The zero-order valence-electron chi connectivity index (χ0n) is 14.3. The van der Waals surface area contributed by atoms with Crippen LogP contribution in [-0.2, 0) is 21.4 Å². The van der Waals surface area contributed by atoms with Crippen LogP contribution in [0.2, 0.25) is 5.02 Å².